The molecule has 0 aliphatic carbocycles. The molecule has 80 valence electrons. The van der Waals surface area contributed by atoms with Crippen LogP contribution in [0.25, 0.3) is 0 Å². The second kappa shape index (κ2) is 5.95. The van der Waals surface area contributed by atoms with Gasteiger partial charge >= 0.3 is 98.5 Å². The molecule has 1 nitrogen and oxygen atoms in total. The summed E-state index contributed by atoms with van der Waals surface area (Å²) < 4.78 is -0.204. The summed E-state index contributed by atoms with van der Waals surface area (Å²) >= 11 is 0.332. The fourth-order valence-corrected chi connectivity index (χ4v) is 3.37. The van der Waals surface area contributed by atoms with E-state index in [1.54, 1.807) is 0 Å². The Kier molecular flexibility index (Phi) is 4.88. The molecule has 0 N–H and O–H groups in total. The quantitative estimate of drug-likeness (QED) is 0.750. The normalized spacial score (nSPS) is 14.2. The Balaban J connectivity index is 2.96. The van der Waals surface area contributed by atoms with E-state index in [0.717, 1.165) is 19.3 Å². The van der Waals surface area contributed by atoms with Crippen molar-refractivity contribution in [1.29, 1.82) is 5.26 Å². The molecule has 0 bridgehead atoms. The van der Waals surface area contributed by atoms with Gasteiger partial charge in [-0.3, -0.25) is 0 Å². The molecule has 0 aliphatic rings. The molecule has 0 radical (unpaired) electrons. The van der Waals surface area contributed by atoms with Gasteiger partial charge in [0.15, 0.2) is 0 Å². The van der Waals surface area contributed by atoms with E-state index in [-0.39, 0.29) is 4.31 Å². The molecular weight excluding hydrogens is 249 g/mol. The van der Waals surface area contributed by atoms with Crippen molar-refractivity contribution in [3.8, 4) is 6.07 Å². The van der Waals surface area contributed by atoms with Gasteiger partial charge in [0.2, 0.25) is 0 Å². The molecule has 0 amide bonds. The van der Waals surface area contributed by atoms with Crippen LogP contribution in [-0.4, -0.2) is 15.0 Å². The van der Waals surface area contributed by atoms with E-state index < -0.39 is 0 Å². The van der Waals surface area contributed by atoms with Gasteiger partial charge in [0, 0.05) is 0 Å². The van der Waals surface area contributed by atoms with Gasteiger partial charge in [-0.05, 0) is 0 Å². The maximum atomic E-state index is 9.42. The number of nitrogens with zero attached hydrogens (tertiary/aromatic N) is 1. The van der Waals surface area contributed by atoms with Crippen molar-refractivity contribution in [1.82, 2.24) is 0 Å². The molecule has 1 unspecified atom stereocenters. The first-order valence-corrected chi connectivity index (χ1v) is 7.88. The molecule has 0 aliphatic heterocycles. The zero-order chi connectivity index (χ0) is 11.1. The van der Waals surface area contributed by atoms with Crippen molar-refractivity contribution in [2.75, 3.05) is 0 Å². The van der Waals surface area contributed by atoms with Crippen molar-refractivity contribution >= 4 is 15.0 Å². The van der Waals surface area contributed by atoms with Crippen molar-refractivity contribution < 1.29 is 0 Å². The molecule has 2 heteroatoms. The van der Waals surface area contributed by atoms with Crippen LogP contribution < -0.4 is 0 Å². The predicted molar refractivity (Wildman–Crippen MR) is 64.9 cm³/mol. The summed E-state index contributed by atoms with van der Waals surface area (Å²) in [5.41, 5.74) is 1.20. The van der Waals surface area contributed by atoms with E-state index in [4.69, 9.17) is 0 Å². The van der Waals surface area contributed by atoms with Crippen LogP contribution in [0.4, 0.5) is 0 Å². The van der Waals surface area contributed by atoms with Gasteiger partial charge in [-0.2, -0.15) is 0 Å². The third-order valence-corrected chi connectivity index (χ3v) is 5.23. The van der Waals surface area contributed by atoms with Crippen LogP contribution in [0.2, 0.25) is 5.82 Å². The SMILES string of the molecule is CCCCC(C#N)([Se]C)c1ccccc1. The van der Waals surface area contributed by atoms with Crippen LogP contribution in [0.15, 0.2) is 30.3 Å². The number of nitriles is 1. The summed E-state index contributed by atoms with van der Waals surface area (Å²) in [5, 5.41) is 9.42. The third-order valence-electron chi connectivity index (χ3n) is 2.65. The first-order valence-electron chi connectivity index (χ1n) is 5.31. The first-order chi connectivity index (χ1) is 7.29. The van der Waals surface area contributed by atoms with Crippen molar-refractivity contribution in [2.45, 2.75) is 36.3 Å². The topological polar surface area (TPSA) is 23.8 Å². The summed E-state index contributed by atoms with van der Waals surface area (Å²) in [5.74, 6) is 2.17. The molecule has 0 saturated carbocycles. The van der Waals surface area contributed by atoms with E-state index in [2.05, 4.69) is 30.9 Å². The molecule has 15 heavy (non-hydrogen) atoms. The number of unbranched alkanes of at least 4 members (excludes halogenated alkanes) is 1. The zero-order valence-corrected chi connectivity index (χ0v) is 11.1. The van der Waals surface area contributed by atoms with Gasteiger partial charge in [-0.15, -0.1) is 0 Å². The average Bonchev–Trinajstić information content (AvgIpc) is 2.33. The molecule has 0 aromatic heterocycles. The Hall–Kier alpha value is -0.771. The standard InChI is InChI=1S/C13H17NSe/c1-3-4-10-13(11-14,15-2)12-8-6-5-7-9-12/h5-9H,3-4,10H2,1-2H3. The van der Waals surface area contributed by atoms with Crippen LogP contribution in [0.3, 0.4) is 0 Å². The molecule has 0 fully saturated rings. The molecular formula is C13H17NSe. The monoisotopic (exact) mass is 267 g/mol. The first kappa shape index (κ1) is 12.3. The van der Waals surface area contributed by atoms with Crippen molar-refractivity contribution in [3.05, 3.63) is 35.9 Å². The minimum absolute atomic E-state index is 0.204. The summed E-state index contributed by atoms with van der Waals surface area (Å²) in [4.78, 5) is 0. The fourth-order valence-electron chi connectivity index (χ4n) is 1.66. The number of benzene rings is 1. The summed E-state index contributed by atoms with van der Waals surface area (Å²) in [6, 6.07) is 12.8. The Morgan fingerprint density at radius 2 is 2.00 bits per heavy atom. The Bertz CT molecular complexity index is 328. The Labute approximate surface area is 98.7 Å². The number of hydrogen-bond donors (Lipinski definition) is 0. The molecule has 0 saturated heterocycles. The van der Waals surface area contributed by atoms with Gasteiger partial charge in [0.05, 0.1) is 0 Å². The van der Waals surface area contributed by atoms with E-state index in [1.165, 1.54) is 5.56 Å². The van der Waals surface area contributed by atoms with Crippen molar-refractivity contribution in [2.24, 2.45) is 0 Å². The number of rotatable bonds is 5. The third kappa shape index (κ3) is 2.84. The molecule has 1 aromatic rings. The average molecular weight is 266 g/mol. The number of hydrogen-bond acceptors (Lipinski definition) is 1. The van der Waals surface area contributed by atoms with Crippen LogP contribution in [0.5, 0.6) is 0 Å². The predicted octanol–water partition coefficient (Wildman–Crippen LogP) is 3.35. The van der Waals surface area contributed by atoms with Gasteiger partial charge in [0.1, 0.15) is 0 Å². The fraction of sp³-hybridized carbons (Fsp3) is 0.462. The van der Waals surface area contributed by atoms with E-state index >= 15 is 0 Å². The van der Waals surface area contributed by atoms with E-state index in [9.17, 15) is 5.26 Å². The summed E-state index contributed by atoms with van der Waals surface area (Å²) in [6.07, 6.45) is 3.30. The summed E-state index contributed by atoms with van der Waals surface area (Å²) in [6.45, 7) is 2.18. The van der Waals surface area contributed by atoms with E-state index in [0.29, 0.717) is 15.0 Å². The van der Waals surface area contributed by atoms with Crippen LogP contribution in [0, 0.1) is 11.3 Å². The van der Waals surface area contributed by atoms with Crippen LogP contribution >= 0.6 is 0 Å². The van der Waals surface area contributed by atoms with Crippen LogP contribution in [-0.2, 0) is 4.31 Å². The molecule has 1 rings (SSSR count). The van der Waals surface area contributed by atoms with Gasteiger partial charge in [0.25, 0.3) is 0 Å². The van der Waals surface area contributed by atoms with Gasteiger partial charge < -0.3 is 0 Å². The molecule has 0 heterocycles. The van der Waals surface area contributed by atoms with Crippen molar-refractivity contribution in [3.63, 3.8) is 0 Å². The Morgan fingerprint density at radius 1 is 1.33 bits per heavy atom. The Morgan fingerprint density at radius 3 is 2.47 bits per heavy atom. The summed E-state index contributed by atoms with van der Waals surface area (Å²) in [7, 11) is 0. The minimum atomic E-state index is -0.204. The van der Waals surface area contributed by atoms with E-state index in [1.807, 2.05) is 18.2 Å². The second-order valence-corrected chi connectivity index (χ2v) is 5.93. The van der Waals surface area contributed by atoms with Crippen LogP contribution in [0.1, 0.15) is 31.7 Å². The molecule has 0 spiro atoms. The molecule has 1 aromatic carbocycles. The van der Waals surface area contributed by atoms with Gasteiger partial charge in [-0.25, -0.2) is 0 Å². The van der Waals surface area contributed by atoms with Gasteiger partial charge in [-0.1, -0.05) is 0 Å². The zero-order valence-electron chi connectivity index (χ0n) is 9.36. The second-order valence-electron chi connectivity index (χ2n) is 3.61. The molecule has 1 atom stereocenters. The maximum absolute atomic E-state index is 9.42.